The van der Waals surface area contributed by atoms with Gasteiger partial charge in [0.25, 0.3) is 5.91 Å². The fourth-order valence-electron chi connectivity index (χ4n) is 3.34. The van der Waals surface area contributed by atoms with Gasteiger partial charge in [-0.2, -0.15) is 0 Å². The van der Waals surface area contributed by atoms with E-state index in [2.05, 4.69) is 30.1 Å². The monoisotopic (exact) mass is 468 g/mol. The third-order valence-electron chi connectivity index (χ3n) is 5.14. The molecule has 0 radical (unpaired) electrons. The van der Waals surface area contributed by atoms with Gasteiger partial charge in [0.1, 0.15) is 0 Å². The first kappa shape index (κ1) is 25.6. The Bertz CT molecular complexity index is 812. The molecule has 0 bridgehead atoms. The minimum absolute atomic E-state index is 0.0194. The molecule has 1 aliphatic rings. The maximum atomic E-state index is 12.2. The van der Waals surface area contributed by atoms with E-state index in [9.17, 15) is 9.59 Å². The lowest BCUT2D eigenvalue weighted by Crippen LogP contribution is -2.46. The minimum Gasteiger partial charge on any atom is -0.382 e. The SMILES string of the molecule is NC(=O)CCCCN1CCN(CCCCN=C(N)NC(=O)c2nc(Cl)c(N)nc2N)CC1. The average Bonchev–Trinajstić information content (AvgIpc) is 2.74. The standard InChI is InChI=1S/C19H33ClN10O2/c20-15-17(23)27-16(22)14(26-15)18(32)28-19(24)25-6-2-4-8-30-11-9-29(10-12-30)7-3-1-5-13(21)31/h1-12H2,(H2,21,31)(H4,22,23,27)(H3,24,25,28,32). The third-order valence-corrected chi connectivity index (χ3v) is 5.42. The summed E-state index contributed by atoms with van der Waals surface area (Å²) >= 11 is 5.78. The number of aliphatic imine (C=N–C) groups is 1. The molecule has 1 aromatic rings. The first-order chi connectivity index (χ1) is 15.3. The van der Waals surface area contributed by atoms with E-state index in [4.69, 9.17) is 34.5 Å². The van der Waals surface area contributed by atoms with E-state index in [1.54, 1.807) is 0 Å². The summed E-state index contributed by atoms with van der Waals surface area (Å²) in [4.78, 5) is 39.6. The smallest absolute Gasteiger partial charge is 0.280 e. The molecule has 12 nitrogen and oxygen atoms in total. The number of nitrogen functional groups attached to an aromatic ring is 2. The van der Waals surface area contributed by atoms with Crippen LogP contribution in [-0.2, 0) is 4.79 Å². The third kappa shape index (κ3) is 8.81. The van der Waals surface area contributed by atoms with E-state index in [0.29, 0.717) is 13.0 Å². The highest BCUT2D eigenvalue weighted by Gasteiger charge is 2.17. The number of hydrogen-bond acceptors (Lipinski definition) is 9. The van der Waals surface area contributed by atoms with Crippen LogP contribution in [0.5, 0.6) is 0 Å². The number of carbonyl (C=O) groups is 2. The molecular formula is C19H33ClN10O2. The number of hydrogen-bond donors (Lipinski definition) is 5. The van der Waals surface area contributed by atoms with Crippen molar-refractivity contribution in [1.29, 1.82) is 0 Å². The summed E-state index contributed by atoms with van der Waals surface area (Å²) in [5, 5.41) is 2.31. The number of carbonyl (C=O) groups excluding carboxylic acids is 2. The van der Waals surface area contributed by atoms with E-state index in [1.807, 2.05) is 0 Å². The van der Waals surface area contributed by atoms with Gasteiger partial charge in [0, 0.05) is 39.1 Å². The lowest BCUT2D eigenvalue weighted by atomic mass is 10.2. The molecule has 1 aliphatic heterocycles. The Kier molecular flexibility index (Phi) is 10.4. The van der Waals surface area contributed by atoms with Gasteiger partial charge in [-0.1, -0.05) is 11.6 Å². The number of piperazine rings is 1. The van der Waals surface area contributed by atoms with Crippen LogP contribution in [0.15, 0.2) is 4.99 Å². The molecule has 1 fully saturated rings. The molecule has 2 amide bonds. The Morgan fingerprint density at radius 3 is 2.12 bits per heavy atom. The number of aromatic nitrogens is 2. The highest BCUT2D eigenvalue weighted by atomic mass is 35.5. The van der Waals surface area contributed by atoms with Crippen LogP contribution in [0.2, 0.25) is 5.15 Å². The summed E-state index contributed by atoms with van der Waals surface area (Å²) in [5.41, 5.74) is 21.9. The van der Waals surface area contributed by atoms with Crippen LogP contribution in [0, 0.1) is 0 Å². The number of nitrogens with zero attached hydrogens (tertiary/aromatic N) is 5. The van der Waals surface area contributed by atoms with Crippen molar-refractivity contribution in [2.24, 2.45) is 16.5 Å². The number of guanidine groups is 1. The molecule has 178 valence electrons. The highest BCUT2D eigenvalue weighted by Crippen LogP contribution is 2.17. The van der Waals surface area contributed by atoms with Crippen molar-refractivity contribution in [3.63, 3.8) is 0 Å². The van der Waals surface area contributed by atoms with E-state index >= 15 is 0 Å². The molecular weight excluding hydrogens is 436 g/mol. The van der Waals surface area contributed by atoms with Crippen LogP contribution < -0.4 is 28.3 Å². The first-order valence-corrected chi connectivity index (χ1v) is 11.1. The average molecular weight is 469 g/mol. The van der Waals surface area contributed by atoms with Crippen molar-refractivity contribution in [3.05, 3.63) is 10.8 Å². The van der Waals surface area contributed by atoms with Crippen molar-refractivity contribution in [1.82, 2.24) is 25.1 Å². The maximum absolute atomic E-state index is 12.2. The van der Waals surface area contributed by atoms with Crippen LogP contribution in [0.4, 0.5) is 11.6 Å². The Hall–Kier alpha value is -2.70. The number of halogens is 1. The number of nitrogens with two attached hydrogens (primary N) is 4. The van der Waals surface area contributed by atoms with Gasteiger partial charge in [-0.05, 0) is 38.8 Å². The fraction of sp³-hybridized carbons (Fsp3) is 0.632. The molecule has 0 aromatic carbocycles. The topological polar surface area (TPSA) is 195 Å². The lowest BCUT2D eigenvalue weighted by molar-refractivity contribution is -0.118. The largest absolute Gasteiger partial charge is 0.382 e. The minimum atomic E-state index is -0.648. The highest BCUT2D eigenvalue weighted by molar-refractivity contribution is 6.31. The molecule has 0 unspecified atom stereocenters. The molecule has 9 N–H and O–H groups in total. The molecule has 0 atom stereocenters. The van der Waals surface area contributed by atoms with Gasteiger partial charge in [-0.15, -0.1) is 0 Å². The number of anilines is 2. The molecule has 13 heteroatoms. The van der Waals surface area contributed by atoms with Crippen molar-refractivity contribution in [2.45, 2.75) is 32.1 Å². The van der Waals surface area contributed by atoms with E-state index < -0.39 is 5.91 Å². The van der Waals surface area contributed by atoms with Crippen molar-refractivity contribution >= 4 is 41.0 Å². The fourth-order valence-corrected chi connectivity index (χ4v) is 3.47. The zero-order valence-corrected chi connectivity index (χ0v) is 19.0. The molecule has 32 heavy (non-hydrogen) atoms. The Morgan fingerprint density at radius 2 is 1.53 bits per heavy atom. The lowest BCUT2D eigenvalue weighted by Gasteiger charge is -2.34. The van der Waals surface area contributed by atoms with E-state index in [-0.39, 0.29) is 34.3 Å². The van der Waals surface area contributed by atoms with Gasteiger partial charge >= 0.3 is 0 Å². The van der Waals surface area contributed by atoms with Crippen molar-refractivity contribution in [2.75, 3.05) is 57.3 Å². The van der Waals surface area contributed by atoms with Crippen LogP contribution in [0.25, 0.3) is 0 Å². The normalized spacial score (nSPS) is 15.6. The molecule has 0 saturated carbocycles. The molecule has 1 saturated heterocycles. The number of amides is 2. The van der Waals surface area contributed by atoms with Crippen molar-refractivity contribution < 1.29 is 9.59 Å². The van der Waals surface area contributed by atoms with Gasteiger partial charge in [-0.3, -0.25) is 19.9 Å². The summed E-state index contributed by atoms with van der Waals surface area (Å²) < 4.78 is 0. The Labute approximate surface area is 192 Å². The summed E-state index contributed by atoms with van der Waals surface area (Å²) in [6.45, 7) is 6.64. The van der Waals surface area contributed by atoms with Crippen LogP contribution in [-0.4, -0.2) is 83.4 Å². The van der Waals surface area contributed by atoms with Crippen LogP contribution in [0.1, 0.15) is 42.6 Å². The molecule has 0 spiro atoms. The zero-order valence-electron chi connectivity index (χ0n) is 18.2. The molecule has 0 aliphatic carbocycles. The second kappa shape index (κ2) is 13.0. The summed E-state index contributed by atoms with van der Waals surface area (Å²) in [6, 6.07) is 0. The number of primary amides is 1. The summed E-state index contributed by atoms with van der Waals surface area (Å²) in [5.74, 6) is -1.08. The van der Waals surface area contributed by atoms with Gasteiger partial charge in [0.15, 0.2) is 28.4 Å². The maximum Gasteiger partial charge on any atom is 0.280 e. The molecule has 2 rings (SSSR count). The number of rotatable bonds is 11. The first-order valence-electron chi connectivity index (χ1n) is 10.7. The van der Waals surface area contributed by atoms with E-state index in [1.165, 1.54) is 0 Å². The zero-order chi connectivity index (χ0) is 23.5. The van der Waals surface area contributed by atoms with Crippen molar-refractivity contribution in [3.8, 4) is 0 Å². The predicted molar refractivity (Wildman–Crippen MR) is 125 cm³/mol. The number of nitrogens with one attached hydrogen (secondary N) is 1. The summed E-state index contributed by atoms with van der Waals surface area (Å²) in [7, 11) is 0. The second-order valence-electron chi connectivity index (χ2n) is 7.67. The van der Waals surface area contributed by atoms with E-state index in [0.717, 1.165) is 65.0 Å². The molecule has 2 heterocycles. The van der Waals surface area contributed by atoms with Crippen LogP contribution in [0.3, 0.4) is 0 Å². The quantitative estimate of drug-likeness (QED) is 0.160. The molecule has 1 aromatic heterocycles. The number of unbranched alkanes of at least 4 members (excludes halogenated alkanes) is 2. The summed E-state index contributed by atoms with van der Waals surface area (Å²) in [6.07, 6.45) is 4.15. The van der Waals surface area contributed by atoms with Crippen LogP contribution >= 0.6 is 11.6 Å². The Balaban J connectivity index is 1.60. The van der Waals surface area contributed by atoms with Gasteiger partial charge in [0.05, 0.1) is 0 Å². The second-order valence-corrected chi connectivity index (χ2v) is 8.03. The predicted octanol–water partition coefficient (Wildman–Crippen LogP) is -0.608. The van der Waals surface area contributed by atoms with Gasteiger partial charge in [-0.25, -0.2) is 9.97 Å². The Morgan fingerprint density at radius 1 is 0.938 bits per heavy atom. The van der Waals surface area contributed by atoms with Gasteiger partial charge in [0.2, 0.25) is 5.91 Å². The van der Waals surface area contributed by atoms with Gasteiger partial charge < -0.3 is 32.7 Å².